The molecule has 0 heterocycles. The first-order valence-corrected chi connectivity index (χ1v) is 12.2. The number of alkyl halides is 1. The zero-order valence-electron chi connectivity index (χ0n) is 13.4. The van der Waals surface area contributed by atoms with Crippen LogP contribution in [0.15, 0.2) is 0 Å². The Morgan fingerprint density at radius 2 is 1.74 bits per heavy atom. The van der Waals surface area contributed by atoms with Crippen LogP contribution in [0.3, 0.4) is 0 Å². The highest BCUT2D eigenvalue weighted by Gasteiger charge is 2.64. The van der Waals surface area contributed by atoms with Gasteiger partial charge in [0.1, 0.15) is 0 Å². The van der Waals surface area contributed by atoms with Crippen LogP contribution >= 0.6 is 22.6 Å². The molecule has 0 saturated heterocycles. The second kappa shape index (κ2) is 5.60. The van der Waals surface area contributed by atoms with E-state index >= 15 is 0 Å². The van der Waals surface area contributed by atoms with Gasteiger partial charge in [-0.1, -0.05) is 57.2 Å². The fourth-order valence-corrected chi connectivity index (χ4v) is 9.56. The summed E-state index contributed by atoms with van der Waals surface area (Å²) >= 11 is 2.63. The second-order valence-corrected chi connectivity index (χ2v) is 12.8. The Hall–Kier alpha value is 0.907. The van der Waals surface area contributed by atoms with Crippen molar-refractivity contribution >= 4 is 30.9 Å². The van der Waals surface area contributed by atoms with Gasteiger partial charge in [0.05, 0.1) is 6.10 Å². The predicted molar refractivity (Wildman–Crippen MR) is 94.5 cm³/mol. The minimum Gasteiger partial charge on any atom is -0.413 e. The fraction of sp³-hybridized carbons (Fsp3) is 1.00. The van der Waals surface area contributed by atoms with E-state index in [1.807, 2.05) is 0 Å². The van der Waals surface area contributed by atoms with Gasteiger partial charge >= 0.3 is 0 Å². The largest absolute Gasteiger partial charge is 0.413 e. The van der Waals surface area contributed by atoms with E-state index < -0.39 is 8.32 Å². The van der Waals surface area contributed by atoms with Crippen LogP contribution in [-0.2, 0) is 4.43 Å². The number of hydrogen-bond donors (Lipinski definition) is 0. The van der Waals surface area contributed by atoms with Crippen LogP contribution in [0.25, 0.3) is 0 Å². The van der Waals surface area contributed by atoms with Crippen molar-refractivity contribution in [1.82, 2.24) is 0 Å². The number of hydrogen-bond acceptors (Lipinski definition) is 1. The van der Waals surface area contributed by atoms with Crippen LogP contribution < -0.4 is 0 Å². The van der Waals surface area contributed by atoms with E-state index in [-0.39, 0.29) is 0 Å². The van der Waals surface area contributed by atoms with Gasteiger partial charge in [0.15, 0.2) is 8.32 Å². The van der Waals surface area contributed by atoms with Crippen molar-refractivity contribution in [2.45, 2.75) is 78.1 Å². The molecule has 0 aliphatic heterocycles. The Balaban J connectivity index is 2.23. The first kappa shape index (κ1) is 16.3. The van der Waals surface area contributed by atoms with Crippen LogP contribution in [-0.4, -0.2) is 18.8 Å². The van der Waals surface area contributed by atoms with E-state index in [0.29, 0.717) is 16.9 Å². The smallest absolute Gasteiger partial charge is 0.192 e. The SMILES string of the molecule is CC[Si](CC)(CC)O[C@@H]1C[C@H]2CC[C@]1(CI)C2(C)C. The van der Waals surface area contributed by atoms with Gasteiger partial charge in [-0.3, -0.25) is 0 Å². The molecule has 1 nitrogen and oxygen atoms in total. The van der Waals surface area contributed by atoms with E-state index in [1.165, 1.54) is 41.8 Å². The molecule has 112 valence electrons. The van der Waals surface area contributed by atoms with Gasteiger partial charge in [-0.2, -0.15) is 0 Å². The summed E-state index contributed by atoms with van der Waals surface area (Å²) in [6.07, 6.45) is 4.74. The lowest BCUT2D eigenvalue weighted by atomic mass is 9.70. The summed E-state index contributed by atoms with van der Waals surface area (Å²) in [5.74, 6) is 0.907. The molecule has 2 rings (SSSR count). The normalized spacial score (nSPS) is 36.9. The molecule has 0 aromatic rings. The third kappa shape index (κ3) is 2.26. The lowest BCUT2D eigenvalue weighted by molar-refractivity contribution is 0.0292. The molecular weight excluding hydrogens is 363 g/mol. The lowest BCUT2D eigenvalue weighted by Crippen LogP contribution is -2.48. The first-order chi connectivity index (χ1) is 8.91. The van der Waals surface area contributed by atoms with Crippen LogP contribution in [0.1, 0.15) is 53.9 Å². The van der Waals surface area contributed by atoms with Crippen LogP contribution in [0, 0.1) is 16.7 Å². The van der Waals surface area contributed by atoms with Crippen molar-refractivity contribution in [3.05, 3.63) is 0 Å². The summed E-state index contributed by atoms with van der Waals surface area (Å²) in [4.78, 5) is 0. The van der Waals surface area contributed by atoms with Crippen molar-refractivity contribution in [3.63, 3.8) is 0 Å². The molecule has 0 radical (unpaired) electrons. The monoisotopic (exact) mass is 394 g/mol. The summed E-state index contributed by atoms with van der Waals surface area (Å²) in [5, 5.41) is 0. The minimum absolute atomic E-state index is 0.468. The van der Waals surface area contributed by atoms with Crippen molar-refractivity contribution < 1.29 is 4.43 Å². The van der Waals surface area contributed by atoms with Crippen molar-refractivity contribution in [2.75, 3.05) is 4.43 Å². The van der Waals surface area contributed by atoms with Crippen LogP contribution in [0.4, 0.5) is 0 Å². The third-order valence-corrected chi connectivity index (χ3v) is 12.9. The summed E-state index contributed by atoms with van der Waals surface area (Å²) in [7, 11) is -1.45. The summed E-state index contributed by atoms with van der Waals surface area (Å²) in [6, 6.07) is 3.87. The molecule has 0 N–H and O–H groups in total. The van der Waals surface area contributed by atoms with E-state index in [0.717, 1.165) is 5.92 Å². The molecule has 0 amide bonds. The van der Waals surface area contributed by atoms with Gasteiger partial charge in [0.2, 0.25) is 0 Å². The topological polar surface area (TPSA) is 9.23 Å². The molecule has 0 spiro atoms. The van der Waals surface area contributed by atoms with Gasteiger partial charge < -0.3 is 4.43 Å². The highest BCUT2D eigenvalue weighted by atomic mass is 127. The molecular formula is C16H31IOSi. The Morgan fingerprint density at radius 3 is 2.16 bits per heavy atom. The van der Waals surface area contributed by atoms with E-state index in [1.54, 1.807) is 0 Å². The average molecular weight is 394 g/mol. The molecule has 0 aromatic heterocycles. The Kier molecular flexibility index (Phi) is 4.80. The predicted octanol–water partition coefficient (Wildman–Crippen LogP) is 5.64. The highest BCUT2D eigenvalue weighted by Crippen LogP contribution is 2.67. The molecule has 2 fully saturated rings. The molecule has 2 bridgehead atoms. The second-order valence-electron chi connectivity index (χ2n) is 7.33. The van der Waals surface area contributed by atoms with Crippen LogP contribution in [0.2, 0.25) is 18.1 Å². The number of fused-ring (bicyclic) bond motifs is 2. The molecule has 0 unspecified atom stereocenters. The Labute approximate surface area is 134 Å². The Bertz CT molecular complexity index is 318. The van der Waals surface area contributed by atoms with Crippen LogP contribution in [0.5, 0.6) is 0 Å². The summed E-state index contributed by atoms with van der Waals surface area (Å²) in [5.41, 5.74) is 0.963. The van der Waals surface area contributed by atoms with Crippen molar-refractivity contribution in [2.24, 2.45) is 16.7 Å². The standard InChI is InChI=1S/C16H31IOSi/c1-6-19(7-2,8-3)18-14-11-13-9-10-16(14,12-17)15(13,4)5/h13-14H,6-12H2,1-5H3/t13-,14-,16-/m1/s1. The minimum atomic E-state index is -1.45. The maximum absolute atomic E-state index is 6.94. The molecule has 2 aliphatic rings. The molecule has 3 atom stereocenters. The average Bonchev–Trinajstić information content (AvgIpc) is 2.79. The molecule has 2 aliphatic carbocycles. The highest BCUT2D eigenvalue weighted by molar-refractivity contribution is 14.1. The Morgan fingerprint density at radius 1 is 1.16 bits per heavy atom. The summed E-state index contributed by atoms with van der Waals surface area (Å²) < 4.78 is 8.22. The van der Waals surface area contributed by atoms with E-state index in [2.05, 4.69) is 57.2 Å². The maximum Gasteiger partial charge on any atom is 0.192 e. The number of rotatable bonds is 6. The third-order valence-electron chi connectivity index (χ3n) is 6.92. The van der Waals surface area contributed by atoms with Gasteiger partial charge in [-0.15, -0.1) is 0 Å². The van der Waals surface area contributed by atoms with Crippen molar-refractivity contribution in [3.8, 4) is 0 Å². The number of halogens is 1. The zero-order chi connectivity index (χ0) is 14.3. The van der Waals surface area contributed by atoms with Crippen molar-refractivity contribution in [1.29, 1.82) is 0 Å². The van der Waals surface area contributed by atoms with E-state index in [4.69, 9.17) is 4.43 Å². The zero-order valence-corrected chi connectivity index (χ0v) is 16.5. The molecule has 0 aromatic carbocycles. The van der Waals surface area contributed by atoms with Gasteiger partial charge in [-0.05, 0) is 48.7 Å². The molecule has 19 heavy (non-hydrogen) atoms. The fourth-order valence-electron chi connectivity index (χ4n) is 4.78. The lowest BCUT2D eigenvalue weighted by Gasteiger charge is -2.45. The maximum atomic E-state index is 6.94. The summed E-state index contributed by atoms with van der Waals surface area (Å²) in [6.45, 7) is 12.1. The molecule has 2 saturated carbocycles. The van der Waals surface area contributed by atoms with Gasteiger partial charge in [0.25, 0.3) is 0 Å². The van der Waals surface area contributed by atoms with Gasteiger partial charge in [-0.25, -0.2) is 0 Å². The van der Waals surface area contributed by atoms with Gasteiger partial charge in [0, 0.05) is 9.84 Å². The first-order valence-electron chi connectivity index (χ1n) is 8.15. The van der Waals surface area contributed by atoms with E-state index in [9.17, 15) is 0 Å². The quantitative estimate of drug-likeness (QED) is 0.322. The molecule has 3 heteroatoms.